The van der Waals surface area contributed by atoms with Crippen LogP contribution < -0.4 is 0 Å². The lowest BCUT2D eigenvalue weighted by atomic mass is 9.91. The van der Waals surface area contributed by atoms with Crippen molar-refractivity contribution in [3.05, 3.63) is 0 Å². The van der Waals surface area contributed by atoms with Crippen molar-refractivity contribution >= 4 is 5.97 Å². The summed E-state index contributed by atoms with van der Waals surface area (Å²) in [7, 11) is 0. The fourth-order valence-corrected chi connectivity index (χ4v) is 4.44. The summed E-state index contributed by atoms with van der Waals surface area (Å²) in [5.74, 6) is -41.7. The molecule has 0 aromatic rings. The number of halogens is 13. The van der Waals surface area contributed by atoms with E-state index < -0.39 is 142 Å². The van der Waals surface area contributed by atoms with Crippen molar-refractivity contribution in [1.82, 2.24) is 0 Å². The van der Waals surface area contributed by atoms with Gasteiger partial charge in [0.25, 0.3) is 0 Å². The highest BCUT2D eigenvalue weighted by Gasteiger charge is 2.90. The normalized spacial score (nSPS) is 32.8. The minimum Gasteiger partial charge on any atom is -0.463 e. The van der Waals surface area contributed by atoms with Crippen LogP contribution in [0, 0.1) is 0 Å². The van der Waals surface area contributed by atoms with Gasteiger partial charge in [-0.1, -0.05) is 0 Å². The summed E-state index contributed by atoms with van der Waals surface area (Å²) >= 11 is 0. The van der Waals surface area contributed by atoms with Crippen LogP contribution in [0.4, 0.5) is 57.1 Å². The van der Waals surface area contributed by atoms with Crippen molar-refractivity contribution < 1.29 is 117 Å². The first-order chi connectivity index (χ1) is 21.6. The first-order valence-electron chi connectivity index (χ1n) is 13.3. The van der Waals surface area contributed by atoms with Crippen molar-refractivity contribution in [2.45, 2.75) is 116 Å². The minimum atomic E-state index is -8.04. The summed E-state index contributed by atoms with van der Waals surface area (Å²) in [5, 5.41) is 69.5. The molecule has 7 N–H and O–H groups in total. The highest BCUT2D eigenvalue weighted by molar-refractivity contribution is 5.69. The number of unbranched alkanes of at least 4 members (excludes halogenated alkanes) is 1. The Bertz CT molecular complexity index is 1100. The van der Waals surface area contributed by atoms with Crippen molar-refractivity contribution in [2.75, 3.05) is 19.8 Å². The van der Waals surface area contributed by atoms with Crippen LogP contribution in [0.2, 0.25) is 0 Å². The molecule has 0 spiro atoms. The van der Waals surface area contributed by atoms with E-state index in [4.69, 9.17) is 14.2 Å². The summed E-state index contributed by atoms with van der Waals surface area (Å²) in [5.41, 5.74) is 0. The molecule has 25 heteroatoms. The van der Waals surface area contributed by atoms with Gasteiger partial charge in [0.15, 0.2) is 6.29 Å². The standard InChI is InChI=1S/C23H29F13O12/c24-18(25,19(26,27)20(28,29)21(30,31)22(32,33)23(34,35)36)4-2-1-3-10(39)45-6-9-11(40)13(42)14(43)16(46-9)48-17(7-38)15(44)12(41)8(5-37)47-17/h8-9,11-16,37-38,40-44H,1-7H2/t8-,9-,11-,12-,13+,14-,15+,16-,17+/m1/s1. The van der Waals surface area contributed by atoms with Gasteiger partial charge in [-0.25, -0.2) is 0 Å². The Kier molecular flexibility index (Phi) is 12.7. The minimum absolute atomic E-state index is 0.902. The average Bonchev–Trinajstić information content (AvgIpc) is 3.22. The van der Waals surface area contributed by atoms with E-state index in [1.165, 1.54) is 0 Å². The molecule has 0 bridgehead atoms. The van der Waals surface area contributed by atoms with E-state index in [9.17, 15) is 97.6 Å². The van der Waals surface area contributed by atoms with Gasteiger partial charge < -0.3 is 54.7 Å². The molecule has 2 heterocycles. The molecule has 2 aliphatic heterocycles. The highest BCUT2D eigenvalue weighted by atomic mass is 19.4. The fraction of sp³-hybridized carbons (Fsp3) is 0.957. The van der Waals surface area contributed by atoms with Gasteiger partial charge in [0.2, 0.25) is 5.79 Å². The second-order valence-electron chi connectivity index (χ2n) is 10.8. The number of esters is 1. The summed E-state index contributed by atoms with van der Waals surface area (Å²) in [6.45, 7) is -3.23. The average molecular weight is 744 g/mol. The summed E-state index contributed by atoms with van der Waals surface area (Å²) in [6, 6.07) is 0. The highest BCUT2D eigenvalue weighted by Crippen LogP contribution is 2.60. The number of hydrogen-bond acceptors (Lipinski definition) is 12. The van der Waals surface area contributed by atoms with Crippen molar-refractivity contribution in [3.8, 4) is 0 Å². The first kappa shape index (κ1) is 42.3. The lowest BCUT2D eigenvalue weighted by molar-refractivity contribution is -0.440. The Morgan fingerprint density at radius 1 is 0.688 bits per heavy atom. The van der Waals surface area contributed by atoms with Gasteiger partial charge in [0.1, 0.15) is 55.9 Å². The molecule has 12 nitrogen and oxygen atoms in total. The Morgan fingerprint density at radius 2 is 1.23 bits per heavy atom. The number of ether oxygens (including phenoxy) is 4. The largest absolute Gasteiger partial charge is 0.463 e. The van der Waals surface area contributed by atoms with Crippen LogP contribution in [0.3, 0.4) is 0 Å². The summed E-state index contributed by atoms with van der Waals surface area (Å²) in [6.07, 6.45) is -29.4. The molecular formula is C23H29F13O12. The number of rotatable bonds is 15. The maximum absolute atomic E-state index is 13.9. The summed E-state index contributed by atoms with van der Waals surface area (Å²) in [4.78, 5) is 12.0. The third-order valence-corrected chi connectivity index (χ3v) is 7.42. The topological polar surface area (TPSA) is 196 Å². The maximum atomic E-state index is 13.9. The van der Waals surface area contributed by atoms with Crippen LogP contribution >= 0.6 is 0 Å². The monoisotopic (exact) mass is 744 g/mol. The lowest BCUT2D eigenvalue weighted by Crippen LogP contribution is -2.70. The molecule has 0 unspecified atom stereocenters. The molecule has 48 heavy (non-hydrogen) atoms. The molecular weight excluding hydrogens is 715 g/mol. The van der Waals surface area contributed by atoms with Crippen LogP contribution in [0.15, 0.2) is 0 Å². The molecule has 284 valence electrons. The van der Waals surface area contributed by atoms with E-state index in [2.05, 4.69) is 4.74 Å². The molecule has 2 aliphatic rings. The first-order valence-corrected chi connectivity index (χ1v) is 13.3. The van der Waals surface area contributed by atoms with Gasteiger partial charge in [-0.3, -0.25) is 4.79 Å². The van der Waals surface area contributed by atoms with E-state index in [1.54, 1.807) is 0 Å². The van der Waals surface area contributed by atoms with E-state index in [0.29, 0.717) is 0 Å². The maximum Gasteiger partial charge on any atom is 0.460 e. The predicted molar refractivity (Wildman–Crippen MR) is 122 cm³/mol. The second kappa shape index (κ2) is 14.4. The van der Waals surface area contributed by atoms with Crippen LogP contribution in [0.5, 0.6) is 0 Å². The zero-order valence-corrected chi connectivity index (χ0v) is 23.7. The molecule has 0 aliphatic carbocycles. The smallest absolute Gasteiger partial charge is 0.460 e. The molecule has 0 aromatic carbocycles. The second-order valence-corrected chi connectivity index (χ2v) is 10.8. The Balaban J connectivity index is 1.99. The third kappa shape index (κ3) is 7.44. The SMILES string of the molecule is O=C(CCCCC(F)(F)C(F)(F)C(F)(F)C(F)(F)C(F)(F)C(F)(F)F)OC[C@H]1O[C@H](O[C@]2(CO)O[C@H](CO)[C@@H](O)[C@@H]2O)[C@H](O)[C@@H](O)[C@@H]1O. The Morgan fingerprint density at radius 3 is 1.71 bits per heavy atom. The van der Waals surface area contributed by atoms with Crippen molar-refractivity contribution in [2.24, 2.45) is 0 Å². The molecule has 0 amide bonds. The van der Waals surface area contributed by atoms with Gasteiger partial charge in [0.05, 0.1) is 6.61 Å². The van der Waals surface area contributed by atoms with Crippen LogP contribution in [-0.4, -0.2) is 152 Å². The molecule has 0 radical (unpaired) electrons. The molecule has 2 rings (SSSR count). The Hall–Kier alpha value is -1.84. The zero-order valence-electron chi connectivity index (χ0n) is 23.7. The molecule has 0 saturated carbocycles. The zero-order chi connectivity index (χ0) is 37.5. The van der Waals surface area contributed by atoms with Crippen LogP contribution in [-0.2, 0) is 23.7 Å². The predicted octanol–water partition coefficient (Wildman–Crippen LogP) is 0.455. The lowest BCUT2D eigenvalue weighted by Gasteiger charge is -2.43. The fourth-order valence-electron chi connectivity index (χ4n) is 4.44. The van der Waals surface area contributed by atoms with Crippen LogP contribution in [0.25, 0.3) is 0 Å². The number of hydrogen-bond donors (Lipinski definition) is 7. The van der Waals surface area contributed by atoms with Crippen molar-refractivity contribution in [3.63, 3.8) is 0 Å². The number of carbonyl (C=O) groups excluding carboxylic acids is 1. The van der Waals surface area contributed by atoms with E-state index in [-0.39, 0.29) is 0 Å². The number of carbonyl (C=O) groups is 1. The van der Waals surface area contributed by atoms with E-state index in [0.717, 1.165) is 0 Å². The van der Waals surface area contributed by atoms with Gasteiger partial charge in [-0.2, -0.15) is 57.1 Å². The van der Waals surface area contributed by atoms with Crippen molar-refractivity contribution in [1.29, 1.82) is 0 Å². The molecule has 2 fully saturated rings. The van der Waals surface area contributed by atoms with Gasteiger partial charge >= 0.3 is 41.8 Å². The van der Waals surface area contributed by atoms with Crippen LogP contribution in [0.1, 0.15) is 25.7 Å². The number of aliphatic hydroxyl groups excluding tert-OH is 7. The third-order valence-electron chi connectivity index (χ3n) is 7.42. The quantitative estimate of drug-likeness (QED) is 0.0697. The van der Waals surface area contributed by atoms with Gasteiger partial charge in [0, 0.05) is 12.8 Å². The Labute approximate surface area is 259 Å². The molecule has 2 saturated heterocycles. The number of alkyl halides is 13. The van der Waals surface area contributed by atoms with Gasteiger partial charge in [-0.15, -0.1) is 0 Å². The van der Waals surface area contributed by atoms with Gasteiger partial charge in [-0.05, 0) is 12.8 Å². The molecule has 0 aromatic heterocycles. The van der Waals surface area contributed by atoms with E-state index >= 15 is 0 Å². The molecule has 9 atom stereocenters. The number of aliphatic hydroxyl groups is 7. The summed E-state index contributed by atoms with van der Waals surface area (Å²) < 4.78 is 191. The van der Waals surface area contributed by atoms with E-state index in [1.807, 2.05) is 0 Å².